The Bertz CT molecular complexity index is 938. The minimum atomic E-state index is 0.0977. The molecule has 0 saturated carbocycles. The van der Waals surface area contributed by atoms with Crippen molar-refractivity contribution >= 4 is 11.8 Å². The quantitative estimate of drug-likeness (QED) is 0.593. The van der Waals surface area contributed by atoms with Gasteiger partial charge in [-0.05, 0) is 49.9 Å². The predicted octanol–water partition coefficient (Wildman–Crippen LogP) is 4.34. The van der Waals surface area contributed by atoms with Gasteiger partial charge < -0.3 is 20.5 Å². The average molecular weight is 393 g/mol. The van der Waals surface area contributed by atoms with Crippen LogP contribution in [0.25, 0.3) is 0 Å². The molecule has 0 spiro atoms. The molecule has 0 aliphatic rings. The maximum atomic E-state index is 5.93. The lowest BCUT2D eigenvalue weighted by Crippen LogP contribution is -2.14. The van der Waals surface area contributed by atoms with Gasteiger partial charge in [-0.3, -0.25) is 0 Å². The van der Waals surface area contributed by atoms with E-state index >= 15 is 0 Å². The first-order valence-corrected chi connectivity index (χ1v) is 9.66. The molecule has 6 heteroatoms. The van der Waals surface area contributed by atoms with E-state index in [0.29, 0.717) is 0 Å². The summed E-state index contributed by atoms with van der Waals surface area (Å²) >= 11 is 0. The van der Waals surface area contributed by atoms with Crippen molar-refractivity contribution in [3.63, 3.8) is 0 Å². The first-order chi connectivity index (χ1) is 14.0. The van der Waals surface area contributed by atoms with Gasteiger partial charge in [-0.1, -0.05) is 30.3 Å². The Morgan fingerprint density at radius 1 is 0.966 bits per heavy atom. The molecular formula is C23H28N4O2. The minimum Gasteiger partial charge on any atom is -0.497 e. The molecule has 0 aliphatic carbocycles. The molecule has 6 nitrogen and oxygen atoms in total. The SMILES string of the molecule is COc1cc(CCc2c(C)nc(N)nc2N[C@@H](C)c2ccccc2)cc(OC)c1. The highest BCUT2D eigenvalue weighted by molar-refractivity contribution is 5.51. The van der Waals surface area contributed by atoms with Crippen molar-refractivity contribution in [1.82, 2.24) is 9.97 Å². The van der Waals surface area contributed by atoms with Gasteiger partial charge in [0.25, 0.3) is 0 Å². The van der Waals surface area contributed by atoms with Crippen LogP contribution in [0.4, 0.5) is 11.8 Å². The molecular weight excluding hydrogens is 364 g/mol. The topological polar surface area (TPSA) is 82.3 Å². The van der Waals surface area contributed by atoms with Crippen LogP contribution < -0.4 is 20.5 Å². The Morgan fingerprint density at radius 3 is 2.24 bits per heavy atom. The molecule has 152 valence electrons. The molecule has 0 saturated heterocycles. The third-order valence-corrected chi connectivity index (χ3v) is 4.96. The lowest BCUT2D eigenvalue weighted by atomic mass is 10.0. The molecule has 0 unspecified atom stereocenters. The fourth-order valence-corrected chi connectivity index (χ4v) is 3.35. The van der Waals surface area contributed by atoms with Crippen molar-refractivity contribution in [3.8, 4) is 11.5 Å². The second kappa shape index (κ2) is 9.28. The molecule has 29 heavy (non-hydrogen) atoms. The van der Waals surface area contributed by atoms with Gasteiger partial charge in [-0.15, -0.1) is 0 Å². The highest BCUT2D eigenvalue weighted by Gasteiger charge is 2.14. The molecule has 3 aromatic rings. The van der Waals surface area contributed by atoms with E-state index in [1.807, 2.05) is 43.3 Å². The van der Waals surface area contributed by atoms with Crippen molar-refractivity contribution in [2.45, 2.75) is 32.7 Å². The molecule has 0 radical (unpaired) electrons. The number of ether oxygens (including phenoxy) is 2. The number of methoxy groups -OCH3 is 2. The predicted molar refractivity (Wildman–Crippen MR) is 117 cm³/mol. The number of rotatable bonds is 8. The van der Waals surface area contributed by atoms with E-state index in [1.54, 1.807) is 14.2 Å². The van der Waals surface area contributed by atoms with E-state index in [0.717, 1.165) is 47.0 Å². The lowest BCUT2D eigenvalue weighted by Gasteiger charge is -2.19. The van der Waals surface area contributed by atoms with Gasteiger partial charge in [0, 0.05) is 23.4 Å². The van der Waals surface area contributed by atoms with Crippen LogP contribution in [0.5, 0.6) is 11.5 Å². The molecule has 0 fully saturated rings. The van der Waals surface area contributed by atoms with E-state index in [-0.39, 0.29) is 12.0 Å². The minimum absolute atomic E-state index is 0.0977. The number of aromatic nitrogens is 2. The maximum Gasteiger partial charge on any atom is 0.222 e. The van der Waals surface area contributed by atoms with Gasteiger partial charge in [0.05, 0.1) is 14.2 Å². The van der Waals surface area contributed by atoms with Crippen LogP contribution in [0, 0.1) is 6.92 Å². The smallest absolute Gasteiger partial charge is 0.222 e. The number of nitrogen functional groups attached to an aromatic ring is 1. The standard InChI is InChI=1S/C23H28N4O2/c1-15(18-8-6-5-7-9-18)25-22-21(16(2)26-23(24)27-22)11-10-17-12-19(28-3)14-20(13-17)29-4/h5-9,12-15H,10-11H2,1-4H3,(H3,24,25,26,27)/t15-/m0/s1. The largest absolute Gasteiger partial charge is 0.497 e. The third-order valence-electron chi connectivity index (χ3n) is 4.96. The molecule has 1 heterocycles. The van der Waals surface area contributed by atoms with Crippen molar-refractivity contribution in [2.75, 3.05) is 25.3 Å². The Kier molecular flexibility index (Phi) is 6.54. The fraction of sp³-hybridized carbons (Fsp3) is 0.304. The van der Waals surface area contributed by atoms with Crippen LogP contribution in [-0.2, 0) is 12.8 Å². The van der Waals surface area contributed by atoms with Gasteiger partial charge in [0.1, 0.15) is 17.3 Å². The van der Waals surface area contributed by atoms with Crippen molar-refractivity contribution in [1.29, 1.82) is 0 Å². The van der Waals surface area contributed by atoms with Gasteiger partial charge >= 0.3 is 0 Å². The molecule has 0 bridgehead atoms. The second-order valence-corrected chi connectivity index (χ2v) is 6.99. The second-order valence-electron chi connectivity index (χ2n) is 6.99. The Balaban J connectivity index is 1.84. The van der Waals surface area contributed by atoms with Crippen LogP contribution in [0.3, 0.4) is 0 Å². The summed E-state index contributed by atoms with van der Waals surface area (Å²) in [4.78, 5) is 8.86. The number of nitrogens with two attached hydrogens (primary N) is 1. The average Bonchev–Trinajstić information content (AvgIpc) is 2.73. The third kappa shape index (κ3) is 5.16. The summed E-state index contributed by atoms with van der Waals surface area (Å²) in [5.74, 6) is 2.61. The first kappa shape index (κ1) is 20.5. The summed E-state index contributed by atoms with van der Waals surface area (Å²) in [5.41, 5.74) is 10.2. The molecule has 0 aliphatic heterocycles. The fourth-order valence-electron chi connectivity index (χ4n) is 3.35. The van der Waals surface area contributed by atoms with Gasteiger partial charge in [-0.25, -0.2) is 4.98 Å². The van der Waals surface area contributed by atoms with Gasteiger partial charge in [-0.2, -0.15) is 4.98 Å². The van der Waals surface area contributed by atoms with E-state index in [9.17, 15) is 0 Å². The van der Waals surface area contributed by atoms with E-state index in [2.05, 4.69) is 34.3 Å². The Labute approximate surface area is 172 Å². The molecule has 0 amide bonds. The number of aryl methyl sites for hydroxylation is 2. The molecule has 1 aromatic heterocycles. The van der Waals surface area contributed by atoms with E-state index in [4.69, 9.17) is 15.2 Å². The number of benzene rings is 2. The number of anilines is 2. The summed E-state index contributed by atoms with van der Waals surface area (Å²) in [7, 11) is 3.31. The Morgan fingerprint density at radius 2 is 1.62 bits per heavy atom. The van der Waals surface area contributed by atoms with E-state index in [1.165, 1.54) is 5.56 Å². The van der Waals surface area contributed by atoms with Crippen molar-refractivity contribution < 1.29 is 9.47 Å². The van der Waals surface area contributed by atoms with Crippen LogP contribution >= 0.6 is 0 Å². The van der Waals surface area contributed by atoms with E-state index < -0.39 is 0 Å². The highest BCUT2D eigenvalue weighted by atomic mass is 16.5. The van der Waals surface area contributed by atoms with Crippen molar-refractivity contribution in [3.05, 3.63) is 70.9 Å². The normalized spacial score (nSPS) is 11.7. The number of nitrogens with zero attached hydrogens (tertiary/aromatic N) is 2. The molecule has 3 rings (SSSR count). The molecule has 3 N–H and O–H groups in total. The maximum absolute atomic E-state index is 5.93. The zero-order valence-electron chi connectivity index (χ0n) is 17.4. The molecule has 1 atom stereocenters. The summed E-state index contributed by atoms with van der Waals surface area (Å²) in [6.07, 6.45) is 1.57. The van der Waals surface area contributed by atoms with Crippen LogP contribution in [0.2, 0.25) is 0 Å². The lowest BCUT2D eigenvalue weighted by molar-refractivity contribution is 0.393. The Hall–Kier alpha value is -3.28. The van der Waals surface area contributed by atoms with Crippen LogP contribution in [-0.4, -0.2) is 24.2 Å². The van der Waals surface area contributed by atoms with Crippen LogP contribution in [0.15, 0.2) is 48.5 Å². The monoisotopic (exact) mass is 392 g/mol. The van der Waals surface area contributed by atoms with Crippen molar-refractivity contribution in [2.24, 2.45) is 0 Å². The summed E-state index contributed by atoms with van der Waals surface area (Å²) in [5, 5.41) is 3.51. The zero-order valence-corrected chi connectivity index (χ0v) is 17.4. The van der Waals surface area contributed by atoms with Gasteiger partial charge in [0.15, 0.2) is 0 Å². The number of hydrogen-bond acceptors (Lipinski definition) is 6. The number of hydrogen-bond donors (Lipinski definition) is 2. The zero-order chi connectivity index (χ0) is 20.8. The summed E-state index contributed by atoms with van der Waals surface area (Å²) < 4.78 is 10.8. The van der Waals surface area contributed by atoms with Crippen LogP contribution in [0.1, 0.15) is 35.3 Å². The summed E-state index contributed by atoms with van der Waals surface area (Å²) in [6.45, 7) is 4.08. The molecule has 2 aromatic carbocycles. The highest BCUT2D eigenvalue weighted by Crippen LogP contribution is 2.27. The first-order valence-electron chi connectivity index (χ1n) is 9.66. The number of nitrogens with one attached hydrogen (secondary N) is 1. The van der Waals surface area contributed by atoms with Gasteiger partial charge in [0.2, 0.25) is 5.95 Å². The summed E-state index contributed by atoms with van der Waals surface area (Å²) in [6, 6.07) is 16.3.